The van der Waals surface area contributed by atoms with E-state index in [1.807, 2.05) is 4.90 Å². The van der Waals surface area contributed by atoms with Crippen LogP contribution in [0.5, 0.6) is 5.75 Å². The molecule has 0 unspecified atom stereocenters. The molecule has 12 heteroatoms. The number of likely N-dealkylation sites (tertiary alicyclic amines) is 1. The van der Waals surface area contributed by atoms with Crippen LogP contribution in [-0.2, 0) is 0 Å². The van der Waals surface area contributed by atoms with E-state index in [4.69, 9.17) is 4.74 Å². The second kappa shape index (κ2) is 10.8. The van der Waals surface area contributed by atoms with E-state index in [0.29, 0.717) is 54.3 Å². The number of nitrogens with zero attached hydrogens (tertiary/aromatic N) is 5. The van der Waals surface area contributed by atoms with Gasteiger partial charge in [0, 0.05) is 62.5 Å². The fraction of sp³-hybridized carbons (Fsp3) is 0.400. The number of hydrogen-bond donors (Lipinski definition) is 3. The predicted octanol–water partition coefficient (Wildman–Crippen LogP) is 3.06. The van der Waals surface area contributed by atoms with Crippen LogP contribution in [0.4, 0.5) is 27.7 Å². The van der Waals surface area contributed by atoms with Crippen molar-refractivity contribution in [2.24, 2.45) is 0 Å². The summed E-state index contributed by atoms with van der Waals surface area (Å²) in [5.74, 6) is 1.30. The summed E-state index contributed by atoms with van der Waals surface area (Å²) in [6, 6.07) is 10.5. The molecule has 3 N–H and O–H groups in total. The van der Waals surface area contributed by atoms with Crippen LogP contribution < -0.4 is 25.6 Å². The molecule has 0 aliphatic carbocycles. The molecule has 3 heterocycles. The van der Waals surface area contributed by atoms with E-state index in [9.17, 15) is 14.9 Å². The molecular formula is C25H30N8O4. The Morgan fingerprint density at radius 1 is 1.11 bits per heavy atom. The fourth-order valence-electron chi connectivity index (χ4n) is 4.80. The van der Waals surface area contributed by atoms with Gasteiger partial charge in [-0.25, -0.2) is 14.8 Å². The van der Waals surface area contributed by atoms with Crippen molar-refractivity contribution in [3.63, 3.8) is 0 Å². The minimum Gasteiger partial charge on any atom is -0.497 e. The number of benzene rings is 2. The van der Waals surface area contributed by atoms with Crippen LogP contribution in [-0.4, -0.2) is 78.2 Å². The van der Waals surface area contributed by atoms with Crippen molar-refractivity contribution in [1.82, 2.24) is 20.2 Å². The van der Waals surface area contributed by atoms with E-state index in [0.717, 1.165) is 31.7 Å². The highest BCUT2D eigenvalue weighted by Gasteiger charge is 2.26. The molecular weight excluding hydrogens is 476 g/mol. The van der Waals surface area contributed by atoms with Crippen LogP contribution >= 0.6 is 0 Å². The van der Waals surface area contributed by atoms with Gasteiger partial charge < -0.3 is 30.5 Å². The molecule has 0 atom stereocenters. The van der Waals surface area contributed by atoms with Crippen LogP contribution in [0.25, 0.3) is 10.9 Å². The molecule has 1 aromatic heterocycles. The average Bonchev–Trinajstić information content (AvgIpc) is 2.93. The van der Waals surface area contributed by atoms with E-state index in [2.05, 4.69) is 25.9 Å². The number of piperidine rings is 1. The Bertz CT molecular complexity index is 1270. The highest BCUT2D eigenvalue weighted by molar-refractivity contribution is 5.95. The molecule has 2 aliphatic rings. The first-order valence-corrected chi connectivity index (χ1v) is 12.4. The summed E-state index contributed by atoms with van der Waals surface area (Å²) in [5, 5.41) is 22.2. The number of carbonyl (C=O) groups excluding carboxylic acids is 1. The lowest BCUT2D eigenvalue weighted by Gasteiger charge is -2.33. The Kier molecular flexibility index (Phi) is 7.17. The summed E-state index contributed by atoms with van der Waals surface area (Å²) < 4.78 is 5.15. The molecule has 5 rings (SSSR count). The topological polar surface area (TPSA) is 138 Å². The second-order valence-corrected chi connectivity index (χ2v) is 9.14. The van der Waals surface area contributed by atoms with E-state index < -0.39 is 0 Å². The molecule has 0 saturated carbocycles. The molecule has 194 valence electrons. The van der Waals surface area contributed by atoms with Gasteiger partial charge in [0.05, 0.1) is 17.5 Å². The van der Waals surface area contributed by atoms with Gasteiger partial charge in [-0.1, -0.05) is 0 Å². The van der Waals surface area contributed by atoms with Crippen molar-refractivity contribution >= 4 is 39.8 Å². The summed E-state index contributed by atoms with van der Waals surface area (Å²) in [5.41, 5.74) is 2.00. The zero-order chi connectivity index (χ0) is 25.8. The number of amides is 2. The van der Waals surface area contributed by atoms with Gasteiger partial charge in [-0.3, -0.25) is 10.1 Å². The van der Waals surface area contributed by atoms with Gasteiger partial charge in [0.15, 0.2) is 0 Å². The number of carbonyl (C=O) groups is 1. The lowest BCUT2D eigenvalue weighted by molar-refractivity contribution is -0.384. The van der Waals surface area contributed by atoms with Crippen molar-refractivity contribution in [3.8, 4) is 5.75 Å². The molecule has 3 aromatic rings. The van der Waals surface area contributed by atoms with Gasteiger partial charge in [0.1, 0.15) is 23.6 Å². The highest BCUT2D eigenvalue weighted by Crippen LogP contribution is 2.35. The van der Waals surface area contributed by atoms with Crippen molar-refractivity contribution in [2.45, 2.75) is 18.9 Å². The first-order valence-electron chi connectivity index (χ1n) is 12.4. The van der Waals surface area contributed by atoms with Gasteiger partial charge in [0.25, 0.3) is 5.69 Å². The van der Waals surface area contributed by atoms with Crippen molar-refractivity contribution < 1.29 is 14.5 Å². The number of nitrogens with one attached hydrogen (secondary N) is 3. The van der Waals surface area contributed by atoms with Crippen molar-refractivity contribution in [3.05, 3.63) is 52.8 Å². The lowest BCUT2D eigenvalue weighted by Crippen LogP contribution is -2.44. The number of hydrogen-bond acceptors (Lipinski definition) is 9. The van der Waals surface area contributed by atoms with Gasteiger partial charge in [-0.2, -0.15) is 0 Å². The SMILES string of the molecule is COc1ccc(NC(=O)N2CCC(Nc3ncnc4cc(N5CCNCC5)c([N+](=O)[O-])cc34)CC2)cc1. The number of ether oxygens (including phenoxy) is 1. The molecule has 2 fully saturated rings. The summed E-state index contributed by atoms with van der Waals surface area (Å²) in [7, 11) is 1.60. The standard InChI is InChI=1S/C25H30N8O4/c1-37-19-4-2-17(3-5-19)30-25(34)32-10-6-18(7-11-32)29-24-20-14-23(33(35)36)22(15-21(20)27-16-28-24)31-12-8-26-9-13-31/h2-5,14-16,18,26H,6-13H2,1H3,(H,30,34)(H,27,28,29). The summed E-state index contributed by atoms with van der Waals surface area (Å²) in [6.45, 7) is 4.12. The molecule has 2 aromatic carbocycles. The Balaban J connectivity index is 1.26. The van der Waals surface area contributed by atoms with Crippen LogP contribution in [0.1, 0.15) is 12.8 Å². The Labute approximate surface area is 214 Å². The summed E-state index contributed by atoms with van der Waals surface area (Å²) in [6.07, 6.45) is 2.93. The smallest absolute Gasteiger partial charge is 0.321 e. The van der Waals surface area contributed by atoms with Gasteiger partial charge in [0.2, 0.25) is 0 Å². The third-order valence-corrected chi connectivity index (χ3v) is 6.85. The number of aromatic nitrogens is 2. The third-order valence-electron chi connectivity index (χ3n) is 6.85. The van der Waals surface area contributed by atoms with Crippen LogP contribution in [0, 0.1) is 10.1 Å². The summed E-state index contributed by atoms with van der Waals surface area (Å²) in [4.78, 5) is 36.9. The molecule has 0 bridgehead atoms. The second-order valence-electron chi connectivity index (χ2n) is 9.14. The Morgan fingerprint density at radius 3 is 2.51 bits per heavy atom. The predicted molar refractivity (Wildman–Crippen MR) is 142 cm³/mol. The molecule has 12 nitrogen and oxygen atoms in total. The molecule has 2 amide bonds. The number of piperazine rings is 1. The number of fused-ring (bicyclic) bond motifs is 1. The number of nitro groups is 1. The average molecular weight is 507 g/mol. The van der Waals surface area contributed by atoms with Gasteiger partial charge in [-0.05, 0) is 43.2 Å². The van der Waals surface area contributed by atoms with E-state index in [1.54, 1.807) is 48.4 Å². The number of anilines is 3. The molecule has 2 saturated heterocycles. The van der Waals surface area contributed by atoms with Crippen LogP contribution in [0.2, 0.25) is 0 Å². The minimum atomic E-state index is -0.340. The Morgan fingerprint density at radius 2 is 1.84 bits per heavy atom. The van der Waals surface area contributed by atoms with Crippen LogP contribution in [0.3, 0.4) is 0 Å². The van der Waals surface area contributed by atoms with Crippen molar-refractivity contribution in [1.29, 1.82) is 0 Å². The fourth-order valence-corrected chi connectivity index (χ4v) is 4.80. The van der Waals surface area contributed by atoms with Gasteiger partial charge >= 0.3 is 6.03 Å². The largest absolute Gasteiger partial charge is 0.497 e. The first-order chi connectivity index (χ1) is 18.0. The van der Waals surface area contributed by atoms with Crippen molar-refractivity contribution in [2.75, 3.05) is 61.9 Å². The maximum atomic E-state index is 12.7. The molecule has 0 radical (unpaired) electrons. The number of nitro benzene ring substituents is 1. The van der Waals surface area contributed by atoms with E-state index in [-0.39, 0.29) is 22.7 Å². The van der Waals surface area contributed by atoms with Crippen LogP contribution in [0.15, 0.2) is 42.7 Å². The number of rotatable bonds is 6. The molecule has 37 heavy (non-hydrogen) atoms. The number of methoxy groups -OCH3 is 1. The zero-order valence-corrected chi connectivity index (χ0v) is 20.6. The third kappa shape index (κ3) is 5.48. The first kappa shape index (κ1) is 24.5. The van der Waals surface area contributed by atoms with E-state index in [1.165, 1.54) is 6.33 Å². The molecule has 0 spiro atoms. The summed E-state index contributed by atoms with van der Waals surface area (Å²) >= 11 is 0. The Hall–Kier alpha value is -4.19. The number of urea groups is 1. The molecule has 2 aliphatic heterocycles. The normalized spacial score (nSPS) is 16.5. The lowest BCUT2D eigenvalue weighted by atomic mass is 10.0. The maximum absolute atomic E-state index is 12.7. The maximum Gasteiger partial charge on any atom is 0.321 e. The zero-order valence-electron chi connectivity index (χ0n) is 20.6. The van der Waals surface area contributed by atoms with E-state index >= 15 is 0 Å². The quantitative estimate of drug-likeness (QED) is 0.340. The highest BCUT2D eigenvalue weighted by atomic mass is 16.6. The minimum absolute atomic E-state index is 0.0530. The monoisotopic (exact) mass is 506 g/mol. The van der Waals surface area contributed by atoms with Gasteiger partial charge in [-0.15, -0.1) is 0 Å².